The maximum Gasteiger partial charge on any atom is 0.0610 e. The molecule has 0 spiro atoms. The smallest absolute Gasteiger partial charge is 0.0610 e. The lowest BCUT2D eigenvalue weighted by Crippen LogP contribution is -2.15. The number of thiophene rings is 1. The number of pyridine rings is 1. The summed E-state index contributed by atoms with van der Waals surface area (Å²) in [6, 6.07) is 8.74. The van der Waals surface area contributed by atoms with Crippen molar-refractivity contribution >= 4 is 31.4 Å². The van der Waals surface area contributed by atoms with Crippen LogP contribution in [0.4, 0.5) is 0 Å². The third kappa shape index (κ3) is 3.60. The molecule has 20 heavy (non-hydrogen) atoms. The molecule has 0 saturated carbocycles. The van der Waals surface area contributed by atoms with E-state index in [4.69, 9.17) is 4.98 Å². The summed E-state index contributed by atoms with van der Waals surface area (Å²) < 4.78 is 0.593. The Labute approximate surface area is 130 Å². The van der Waals surface area contributed by atoms with Gasteiger partial charge in [0.15, 0.2) is 0 Å². The Kier molecular flexibility index (Phi) is 4.57. The molecular weight excluding hydrogens is 302 g/mol. The zero-order valence-electron chi connectivity index (χ0n) is 13.2. The molecule has 0 fully saturated rings. The first kappa shape index (κ1) is 15.9. The first-order valence-corrected chi connectivity index (χ1v) is 13.3. The van der Waals surface area contributed by atoms with Crippen molar-refractivity contribution in [2.75, 3.05) is 37.5 Å². The SMILES string of the molecule is CS(C)(C)C(c1cc(-c2cccs2)ccn1)S(C)(C)C. The van der Waals surface area contributed by atoms with Gasteiger partial charge in [0.05, 0.1) is 10.3 Å². The Morgan fingerprint density at radius 1 is 1.00 bits per heavy atom. The fraction of sp³-hybridized carbons (Fsp3) is 0.438. The Hall–Kier alpha value is -0.450. The van der Waals surface area contributed by atoms with Gasteiger partial charge < -0.3 is 0 Å². The summed E-state index contributed by atoms with van der Waals surface area (Å²) in [6.07, 6.45) is 16.5. The van der Waals surface area contributed by atoms with Gasteiger partial charge in [-0.1, -0.05) is 6.07 Å². The zero-order chi connectivity index (χ0) is 15.0. The molecule has 112 valence electrons. The number of hydrogen-bond acceptors (Lipinski definition) is 2. The van der Waals surface area contributed by atoms with Crippen molar-refractivity contribution in [1.82, 2.24) is 4.98 Å². The first-order valence-electron chi connectivity index (χ1n) is 6.54. The minimum absolute atomic E-state index is 0.593. The average Bonchev–Trinajstić information content (AvgIpc) is 2.78. The zero-order valence-corrected chi connectivity index (χ0v) is 15.7. The van der Waals surface area contributed by atoms with Crippen molar-refractivity contribution in [2.24, 2.45) is 0 Å². The molecule has 0 aliphatic carbocycles. The minimum Gasteiger partial charge on any atom is -0.259 e. The van der Waals surface area contributed by atoms with Gasteiger partial charge in [-0.15, -0.1) is 11.3 Å². The van der Waals surface area contributed by atoms with Crippen LogP contribution in [0.3, 0.4) is 0 Å². The lowest BCUT2D eigenvalue weighted by atomic mass is 10.2. The van der Waals surface area contributed by atoms with E-state index in [1.165, 1.54) is 16.1 Å². The van der Waals surface area contributed by atoms with E-state index in [2.05, 4.69) is 67.2 Å². The third-order valence-corrected chi connectivity index (χ3v) is 10.5. The van der Waals surface area contributed by atoms with Crippen LogP contribution < -0.4 is 0 Å². The standard InChI is InChI=1S/C16H25NS3/c1-19(2,3)16(20(4,5)6)14-12-13(9-10-17-14)15-8-7-11-18-15/h7-12,16H,1-6H3. The normalized spacial score (nSPS) is 14.6. The van der Waals surface area contributed by atoms with Crippen LogP contribution in [0.1, 0.15) is 10.3 Å². The molecule has 0 amide bonds. The quantitative estimate of drug-likeness (QED) is 0.752. The third-order valence-electron chi connectivity index (χ3n) is 3.11. The Bertz CT molecular complexity index is 548. The Morgan fingerprint density at radius 3 is 2.15 bits per heavy atom. The fourth-order valence-electron chi connectivity index (χ4n) is 2.76. The highest BCUT2D eigenvalue weighted by atomic mass is 32.3. The molecule has 2 heterocycles. The summed E-state index contributed by atoms with van der Waals surface area (Å²) in [5.74, 6) is 0. The lowest BCUT2D eigenvalue weighted by Gasteiger charge is -2.47. The van der Waals surface area contributed by atoms with Crippen LogP contribution in [0.5, 0.6) is 0 Å². The van der Waals surface area contributed by atoms with E-state index in [9.17, 15) is 0 Å². The van der Waals surface area contributed by atoms with Crippen LogP contribution in [0, 0.1) is 0 Å². The molecule has 0 unspecified atom stereocenters. The van der Waals surface area contributed by atoms with E-state index >= 15 is 0 Å². The van der Waals surface area contributed by atoms with Gasteiger partial charge in [-0.2, -0.15) is 0 Å². The van der Waals surface area contributed by atoms with Crippen LogP contribution >= 0.6 is 31.4 Å². The van der Waals surface area contributed by atoms with Crippen LogP contribution in [0.25, 0.3) is 10.4 Å². The number of hydrogen-bond donors (Lipinski definition) is 0. The molecule has 2 aromatic rings. The highest BCUT2D eigenvalue weighted by Crippen LogP contribution is 2.68. The van der Waals surface area contributed by atoms with E-state index in [1.807, 2.05) is 6.20 Å². The van der Waals surface area contributed by atoms with Gasteiger partial charge in [-0.3, -0.25) is 4.98 Å². The summed E-state index contributed by atoms with van der Waals surface area (Å²) in [5, 5.41) is 2.14. The number of nitrogens with zero attached hydrogens (tertiary/aromatic N) is 1. The van der Waals surface area contributed by atoms with Gasteiger partial charge in [-0.05, 0) is 66.7 Å². The van der Waals surface area contributed by atoms with Crippen molar-refractivity contribution < 1.29 is 0 Å². The maximum absolute atomic E-state index is 4.73. The highest BCUT2D eigenvalue weighted by Gasteiger charge is 2.31. The predicted molar refractivity (Wildman–Crippen MR) is 101 cm³/mol. The summed E-state index contributed by atoms with van der Waals surface area (Å²) in [6.45, 7) is 0. The van der Waals surface area contributed by atoms with Gasteiger partial charge >= 0.3 is 0 Å². The fourth-order valence-corrected chi connectivity index (χ4v) is 12.1. The molecule has 0 aliphatic rings. The van der Waals surface area contributed by atoms with Crippen molar-refractivity contribution in [3.8, 4) is 10.4 Å². The van der Waals surface area contributed by atoms with Crippen molar-refractivity contribution in [3.63, 3.8) is 0 Å². The van der Waals surface area contributed by atoms with Gasteiger partial charge in [0.25, 0.3) is 0 Å². The van der Waals surface area contributed by atoms with Crippen molar-refractivity contribution in [1.29, 1.82) is 0 Å². The molecule has 2 rings (SSSR count). The molecule has 0 bridgehead atoms. The average molecular weight is 328 g/mol. The molecule has 0 aromatic carbocycles. The second-order valence-corrected chi connectivity index (χ2v) is 16.6. The second-order valence-electron chi connectivity index (χ2n) is 6.64. The van der Waals surface area contributed by atoms with E-state index < -0.39 is 20.1 Å². The number of rotatable bonds is 4. The molecular formula is C16H25NS3. The van der Waals surface area contributed by atoms with Crippen LogP contribution in [0.15, 0.2) is 35.8 Å². The highest BCUT2D eigenvalue weighted by molar-refractivity contribution is 8.47. The molecule has 4 heteroatoms. The van der Waals surface area contributed by atoms with Gasteiger partial charge in [-0.25, -0.2) is 20.1 Å². The van der Waals surface area contributed by atoms with Crippen LogP contribution in [0.2, 0.25) is 0 Å². The van der Waals surface area contributed by atoms with E-state index in [0.717, 1.165) is 0 Å². The minimum atomic E-state index is -0.683. The summed E-state index contributed by atoms with van der Waals surface area (Å²) in [7, 11) is -1.37. The van der Waals surface area contributed by atoms with E-state index in [0.29, 0.717) is 4.58 Å². The van der Waals surface area contributed by atoms with Crippen molar-refractivity contribution in [2.45, 2.75) is 4.58 Å². The van der Waals surface area contributed by atoms with E-state index in [-0.39, 0.29) is 0 Å². The molecule has 0 aliphatic heterocycles. The first-order chi connectivity index (χ1) is 9.19. The van der Waals surface area contributed by atoms with Gasteiger partial charge in [0.1, 0.15) is 0 Å². The topological polar surface area (TPSA) is 12.9 Å². The molecule has 0 atom stereocenters. The van der Waals surface area contributed by atoms with Crippen molar-refractivity contribution in [3.05, 3.63) is 41.5 Å². The molecule has 2 aromatic heterocycles. The maximum atomic E-state index is 4.73. The molecule has 0 radical (unpaired) electrons. The summed E-state index contributed by atoms with van der Waals surface area (Å²) >= 11 is 1.80. The largest absolute Gasteiger partial charge is 0.259 e. The molecule has 1 nitrogen and oxygen atoms in total. The van der Waals surface area contributed by atoms with Gasteiger partial charge in [0, 0.05) is 11.1 Å². The number of aromatic nitrogens is 1. The predicted octanol–water partition coefficient (Wildman–Crippen LogP) is 5.20. The second kappa shape index (κ2) is 5.74. The Balaban J connectivity index is 2.48. The summed E-state index contributed by atoms with van der Waals surface area (Å²) in [5.41, 5.74) is 2.59. The van der Waals surface area contributed by atoms with Crippen LogP contribution in [-0.4, -0.2) is 42.5 Å². The lowest BCUT2D eigenvalue weighted by molar-refractivity contribution is 1.15. The summed E-state index contributed by atoms with van der Waals surface area (Å²) in [4.78, 5) is 6.06. The molecule has 0 saturated heterocycles. The monoisotopic (exact) mass is 327 g/mol. The van der Waals surface area contributed by atoms with Crippen LogP contribution in [-0.2, 0) is 0 Å². The molecule has 0 N–H and O–H groups in total. The van der Waals surface area contributed by atoms with Gasteiger partial charge in [0.2, 0.25) is 0 Å². The van der Waals surface area contributed by atoms with E-state index in [1.54, 1.807) is 11.3 Å². The Morgan fingerprint density at radius 2 is 1.65 bits per heavy atom.